The van der Waals surface area contributed by atoms with Gasteiger partial charge in [0.05, 0.1) is 23.0 Å². The molecule has 0 aliphatic heterocycles. The van der Waals surface area contributed by atoms with Gasteiger partial charge in [-0.2, -0.15) is 5.10 Å². The summed E-state index contributed by atoms with van der Waals surface area (Å²) in [6, 6.07) is 16.9. The minimum absolute atomic E-state index is 0.00169. The van der Waals surface area contributed by atoms with Crippen molar-refractivity contribution in [3.63, 3.8) is 0 Å². The Morgan fingerprint density at radius 1 is 0.974 bits per heavy atom. The first kappa shape index (κ1) is 23.3. The molecular formula is C28H20F2N6O2. The number of nitrogens with zero attached hydrogens (tertiary/aromatic N) is 5. The van der Waals surface area contributed by atoms with Crippen LogP contribution in [-0.4, -0.2) is 29.4 Å². The second kappa shape index (κ2) is 8.77. The molecule has 3 heterocycles. The normalized spacial score (nSPS) is 11.4. The van der Waals surface area contributed by atoms with Gasteiger partial charge in [-0.15, -0.1) is 0 Å². The first-order valence-corrected chi connectivity index (χ1v) is 11.7. The number of aromatic nitrogens is 5. The summed E-state index contributed by atoms with van der Waals surface area (Å²) in [7, 11) is 0. The molecule has 0 spiro atoms. The molecule has 0 unspecified atom stereocenters. The maximum absolute atomic E-state index is 15.0. The average Bonchev–Trinajstić information content (AvgIpc) is 3.24. The second-order valence-corrected chi connectivity index (χ2v) is 8.93. The summed E-state index contributed by atoms with van der Waals surface area (Å²) in [5.74, 6) is -1.38. The highest BCUT2D eigenvalue weighted by Gasteiger charge is 2.21. The molecule has 0 atom stereocenters. The number of hydrogen-bond donors (Lipinski definition) is 2. The predicted octanol–water partition coefficient (Wildman–Crippen LogP) is 4.72. The standard InChI is InChI=1S/C28H20F2N6O2/c1-15-5-4-6-16-10-19(36(28(38)23(15)16)22-8-3-2-7-21(22)30)13-35-27-24(26(31)32-14-33-27)25(34-35)17-9-18(29)12-20(37)11-17/h2-12,14,37H,13H2,1H3,(H2,31,32,33). The van der Waals surface area contributed by atoms with Crippen LogP contribution in [0.15, 0.2) is 77.9 Å². The lowest BCUT2D eigenvalue weighted by Crippen LogP contribution is -2.25. The Morgan fingerprint density at radius 3 is 2.58 bits per heavy atom. The number of pyridine rings is 1. The zero-order chi connectivity index (χ0) is 26.6. The Morgan fingerprint density at radius 2 is 1.79 bits per heavy atom. The number of anilines is 1. The van der Waals surface area contributed by atoms with Crippen LogP contribution in [0.5, 0.6) is 5.75 Å². The Bertz CT molecular complexity index is 1930. The molecule has 3 N–H and O–H groups in total. The van der Waals surface area contributed by atoms with Crippen LogP contribution in [0, 0.1) is 18.6 Å². The third-order valence-electron chi connectivity index (χ3n) is 6.45. The SMILES string of the molecule is Cc1cccc2cc(Cn3nc(-c4cc(O)cc(F)c4)c4c(N)ncnc43)n(-c3ccccc3F)c(=O)c12. The van der Waals surface area contributed by atoms with E-state index < -0.39 is 11.6 Å². The molecule has 38 heavy (non-hydrogen) atoms. The molecule has 0 amide bonds. The van der Waals surface area contributed by atoms with E-state index in [0.29, 0.717) is 27.5 Å². The molecule has 0 radical (unpaired) electrons. The predicted molar refractivity (Wildman–Crippen MR) is 140 cm³/mol. The van der Waals surface area contributed by atoms with Gasteiger partial charge in [-0.1, -0.05) is 30.3 Å². The van der Waals surface area contributed by atoms with Gasteiger partial charge in [0.1, 0.15) is 35.2 Å². The number of phenolic OH excluding ortho intramolecular Hbond substituents is 1. The Kier molecular flexibility index (Phi) is 5.37. The highest BCUT2D eigenvalue weighted by Crippen LogP contribution is 2.33. The molecule has 3 aromatic carbocycles. The molecule has 0 bridgehead atoms. The molecule has 0 saturated carbocycles. The zero-order valence-corrected chi connectivity index (χ0v) is 20.1. The minimum atomic E-state index is -0.656. The average molecular weight is 511 g/mol. The van der Waals surface area contributed by atoms with Crippen molar-refractivity contribution in [1.82, 2.24) is 24.3 Å². The molecule has 0 saturated heterocycles. The van der Waals surface area contributed by atoms with Crippen LogP contribution in [-0.2, 0) is 6.54 Å². The van der Waals surface area contributed by atoms with Crippen molar-refractivity contribution in [1.29, 1.82) is 0 Å². The van der Waals surface area contributed by atoms with Crippen LogP contribution in [0.25, 0.3) is 38.8 Å². The third-order valence-corrected chi connectivity index (χ3v) is 6.45. The van der Waals surface area contributed by atoms with E-state index in [2.05, 4.69) is 15.1 Å². The molecule has 6 aromatic rings. The van der Waals surface area contributed by atoms with Gasteiger partial charge in [-0.05, 0) is 48.2 Å². The van der Waals surface area contributed by atoms with Gasteiger partial charge in [0.2, 0.25) is 0 Å². The third kappa shape index (κ3) is 3.74. The maximum atomic E-state index is 15.0. The lowest BCUT2D eigenvalue weighted by atomic mass is 10.1. The van der Waals surface area contributed by atoms with E-state index in [0.717, 1.165) is 11.6 Å². The molecule has 3 aromatic heterocycles. The largest absolute Gasteiger partial charge is 0.508 e. The number of nitrogen functional groups attached to an aromatic ring is 1. The van der Waals surface area contributed by atoms with E-state index in [9.17, 15) is 14.3 Å². The summed E-state index contributed by atoms with van der Waals surface area (Å²) in [4.78, 5) is 22.2. The topological polar surface area (TPSA) is 112 Å². The zero-order valence-electron chi connectivity index (χ0n) is 20.1. The number of aromatic hydroxyl groups is 1. The number of nitrogens with two attached hydrogens (primary N) is 1. The van der Waals surface area contributed by atoms with Gasteiger partial charge >= 0.3 is 0 Å². The van der Waals surface area contributed by atoms with Crippen LogP contribution in [0.1, 0.15) is 11.3 Å². The van der Waals surface area contributed by atoms with E-state index in [-0.39, 0.29) is 40.6 Å². The Labute approximate surface area is 214 Å². The van der Waals surface area contributed by atoms with Crippen molar-refractivity contribution in [2.24, 2.45) is 0 Å². The molecule has 6 rings (SSSR count). The van der Waals surface area contributed by atoms with Crippen LogP contribution in [0.3, 0.4) is 0 Å². The van der Waals surface area contributed by atoms with Crippen molar-refractivity contribution in [2.45, 2.75) is 13.5 Å². The molecule has 8 nitrogen and oxygen atoms in total. The fourth-order valence-electron chi connectivity index (χ4n) is 4.81. The monoisotopic (exact) mass is 510 g/mol. The molecule has 188 valence electrons. The number of para-hydroxylation sites is 1. The number of halogens is 2. The van der Waals surface area contributed by atoms with Crippen LogP contribution < -0.4 is 11.3 Å². The maximum Gasteiger partial charge on any atom is 0.263 e. The summed E-state index contributed by atoms with van der Waals surface area (Å²) in [5, 5.41) is 16.1. The van der Waals surface area contributed by atoms with Crippen molar-refractivity contribution in [3.05, 3.63) is 106 Å². The molecule has 0 fully saturated rings. The summed E-state index contributed by atoms with van der Waals surface area (Å²) >= 11 is 0. The summed E-state index contributed by atoms with van der Waals surface area (Å²) in [5.41, 5.74) is 7.95. The van der Waals surface area contributed by atoms with E-state index in [1.807, 2.05) is 31.2 Å². The van der Waals surface area contributed by atoms with E-state index in [4.69, 9.17) is 5.73 Å². The number of rotatable bonds is 4. The van der Waals surface area contributed by atoms with Gasteiger partial charge < -0.3 is 10.8 Å². The van der Waals surface area contributed by atoms with Gasteiger partial charge in [0.25, 0.3) is 5.56 Å². The molecular weight excluding hydrogens is 490 g/mol. The quantitative estimate of drug-likeness (QED) is 0.355. The minimum Gasteiger partial charge on any atom is -0.508 e. The number of aryl methyl sites for hydroxylation is 1. The second-order valence-electron chi connectivity index (χ2n) is 8.93. The Hall–Kier alpha value is -5.12. The van der Waals surface area contributed by atoms with Crippen LogP contribution in [0.2, 0.25) is 0 Å². The van der Waals surface area contributed by atoms with Crippen molar-refractivity contribution in [3.8, 4) is 22.7 Å². The highest BCUT2D eigenvalue weighted by atomic mass is 19.1. The van der Waals surface area contributed by atoms with E-state index >= 15 is 4.39 Å². The number of benzene rings is 3. The van der Waals surface area contributed by atoms with Crippen molar-refractivity contribution < 1.29 is 13.9 Å². The number of hydrogen-bond acceptors (Lipinski definition) is 6. The smallest absolute Gasteiger partial charge is 0.263 e. The first-order valence-electron chi connectivity index (χ1n) is 11.7. The van der Waals surface area contributed by atoms with Crippen LogP contribution >= 0.6 is 0 Å². The van der Waals surface area contributed by atoms with Gasteiger partial charge in [-0.3, -0.25) is 9.36 Å². The van der Waals surface area contributed by atoms with E-state index in [1.54, 1.807) is 12.1 Å². The van der Waals surface area contributed by atoms with Gasteiger partial charge in [0, 0.05) is 17.3 Å². The van der Waals surface area contributed by atoms with E-state index in [1.165, 1.54) is 39.8 Å². The summed E-state index contributed by atoms with van der Waals surface area (Å²) < 4.78 is 32.0. The molecule has 0 aliphatic carbocycles. The fourth-order valence-corrected chi connectivity index (χ4v) is 4.81. The fraction of sp³-hybridized carbons (Fsp3) is 0.0714. The summed E-state index contributed by atoms with van der Waals surface area (Å²) in [6.45, 7) is 1.83. The highest BCUT2D eigenvalue weighted by molar-refractivity contribution is 5.98. The van der Waals surface area contributed by atoms with Gasteiger partial charge in [0.15, 0.2) is 5.65 Å². The van der Waals surface area contributed by atoms with Crippen molar-refractivity contribution in [2.75, 3.05) is 5.73 Å². The lowest BCUT2D eigenvalue weighted by Gasteiger charge is -2.16. The summed E-state index contributed by atoms with van der Waals surface area (Å²) in [6.07, 6.45) is 1.27. The first-order chi connectivity index (χ1) is 18.3. The van der Waals surface area contributed by atoms with Crippen molar-refractivity contribution >= 4 is 27.6 Å². The van der Waals surface area contributed by atoms with Crippen LogP contribution in [0.4, 0.5) is 14.6 Å². The lowest BCUT2D eigenvalue weighted by molar-refractivity contribution is 0.469. The van der Waals surface area contributed by atoms with Gasteiger partial charge in [-0.25, -0.2) is 23.4 Å². The molecule has 10 heteroatoms. The number of fused-ring (bicyclic) bond motifs is 2. The Balaban J connectivity index is 1.63. The number of phenols is 1. The molecule has 0 aliphatic rings.